The Morgan fingerprint density at radius 3 is 2.71 bits per heavy atom. The normalized spacial score (nSPS) is 21.8. The maximum absolute atomic E-state index is 12.7. The first-order chi connectivity index (χ1) is 9.98. The van der Waals surface area contributed by atoms with Gasteiger partial charge < -0.3 is 10.5 Å². The van der Waals surface area contributed by atoms with Gasteiger partial charge in [0.25, 0.3) is 0 Å². The Labute approximate surface area is 126 Å². The molecule has 6 heteroatoms. The van der Waals surface area contributed by atoms with Gasteiger partial charge in [0.05, 0.1) is 11.5 Å². The van der Waals surface area contributed by atoms with E-state index < -0.39 is 10.0 Å². The van der Waals surface area contributed by atoms with Crippen molar-refractivity contribution in [2.75, 3.05) is 19.7 Å². The Balaban J connectivity index is 1.78. The fourth-order valence-electron chi connectivity index (χ4n) is 3.11. The van der Waals surface area contributed by atoms with Gasteiger partial charge in [-0.1, -0.05) is 0 Å². The topological polar surface area (TPSA) is 72.6 Å². The number of hydrogen-bond acceptors (Lipinski definition) is 4. The number of ether oxygens (including phenoxy) is 1. The van der Waals surface area contributed by atoms with Crippen LogP contribution in [0.4, 0.5) is 0 Å². The van der Waals surface area contributed by atoms with Crippen LogP contribution in [0.5, 0.6) is 5.75 Å². The summed E-state index contributed by atoms with van der Waals surface area (Å²) >= 11 is 0. The van der Waals surface area contributed by atoms with Gasteiger partial charge in [-0.3, -0.25) is 0 Å². The summed E-state index contributed by atoms with van der Waals surface area (Å²) in [6.07, 6.45) is 2.46. The first-order valence-corrected chi connectivity index (χ1v) is 8.94. The SMILES string of the molecule is CC(N)C1CCN(S(=O)(=O)c2ccc3c(c2)CCO3)CC1. The molecule has 2 aliphatic rings. The molecule has 116 valence electrons. The molecule has 1 aromatic carbocycles. The number of sulfonamides is 1. The lowest BCUT2D eigenvalue weighted by atomic mass is 9.92. The Hall–Kier alpha value is -1.11. The maximum Gasteiger partial charge on any atom is 0.243 e. The highest BCUT2D eigenvalue weighted by atomic mass is 32.2. The third kappa shape index (κ3) is 2.80. The molecule has 2 aliphatic heterocycles. The van der Waals surface area contributed by atoms with Gasteiger partial charge in [0, 0.05) is 25.6 Å². The monoisotopic (exact) mass is 310 g/mol. The van der Waals surface area contributed by atoms with Gasteiger partial charge in [-0.25, -0.2) is 8.42 Å². The highest BCUT2D eigenvalue weighted by Gasteiger charge is 2.31. The van der Waals surface area contributed by atoms with Gasteiger partial charge in [0.2, 0.25) is 10.0 Å². The summed E-state index contributed by atoms with van der Waals surface area (Å²) in [6, 6.07) is 5.31. The van der Waals surface area contributed by atoms with E-state index in [9.17, 15) is 8.42 Å². The average molecular weight is 310 g/mol. The number of nitrogens with two attached hydrogens (primary N) is 1. The molecule has 1 unspecified atom stereocenters. The van der Waals surface area contributed by atoms with Gasteiger partial charge in [0.1, 0.15) is 5.75 Å². The minimum atomic E-state index is -3.40. The van der Waals surface area contributed by atoms with Crippen LogP contribution in [-0.4, -0.2) is 38.5 Å². The van der Waals surface area contributed by atoms with Crippen molar-refractivity contribution in [3.63, 3.8) is 0 Å². The fraction of sp³-hybridized carbons (Fsp3) is 0.600. The average Bonchev–Trinajstić information content (AvgIpc) is 2.94. The van der Waals surface area contributed by atoms with Gasteiger partial charge in [0.15, 0.2) is 0 Å². The second-order valence-electron chi connectivity index (χ2n) is 5.97. The van der Waals surface area contributed by atoms with E-state index >= 15 is 0 Å². The van der Waals surface area contributed by atoms with E-state index in [1.165, 1.54) is 0 Å². The zero-order chi connectivity index (χ0) is 15.0. The molecule has 0 aromatic heterocycles. The smallest absolute Gasteiger partial charge is 0.243 e. The highest BCUT2D eigenvalue weighted by molar-refractivity contribution is 7.89. The molecular weight excluding hydrogens is 288 g/mol. The number of rotatable bonds is 3. The quantitative estimate of drug-likeness (QED) is 0.915. The van der Waals surface area contributed by atoms with E-state index in [4.69, 9.17) is 10.5 Å². The van der Waals surface area contributed by atoms with E-state index in [1.54, 1.807) is 22.5 Å². The molecule has 0 aliphatic carbocycles. The molecular formula is C15H22N2O3S. The summed E-state index contributed by atoms with van der Waals surface area (Å²) in [6.45, 7) is 3.75. The zero-order valence-electron chi connectivity index (χ0n) is 12.3. The minimum absolute atomic E-state index is 0.131. The molecule has 1 aromatic rings. The number of benzene rings is 1. The molecule has 0 bridgehead atoms. The van der Waals surface area contributed by atoms with E-state index in [0.29, 0.717) is 30.5 Å². The molecule has 1 fully saturated rings. The first-order valence-electron chi connectivity index (χ1n) is 7.50. The van der Waals surface area contributed by atoms with Crippen LogP contribution in [0.1, 0.15) is 25.3 Å². The molecule has 0 saturated carbocycles. The third-order valence-corrected chi connectivity index (χ3v) is 6.44. The lowest BCUT2D eigenvalue weighted by Gasteiger charge is -2.33. The molecule has 21 heavy (non-hydrogen) atoms. The van der Waals surface area contributed by atoms with Crippen molar-refractivity contribution >= 4 is 10.0 Å². The molecule has 0 amide bonds. The van der Waals surface area contributed by atoms with E-state index in [2.05, 4.69) is 0 Å². The lowest BCUT2D eigenvalue weighted by Crippen LogP contribution is -2.42. The van der Waals surface area contributed by atoms with Crippen molar-refractivity contribution in [2.24, 2.45) is 11.7 Å². The molecule has 3 rings (SSSR count). The Kier molecular flexibility index (Phi) is 3.94. The summed E-state index contributed by atoms with van der Waals surface area (Å²) in [7, 11) is -3.40. The third-order valence-electron chi connectivity index (χ3n) is 4.54. The van der Waals surface area contributed by atoms with E-state index in [-0.39, 0.29) is 6.04 Å². The van der Waals surface area contributed by atoms with Crippen LogP contribution in [0.25, 0.3) is 0 Å². The second kappa shape index (κ2) is 5.59. The second-order valence-corrected chi connectivity index (χ2v) is 7.91. The molecule has 0 spiro atoms. The number of nitrogens with zero attached hydrogens (tertiary/aromatic N) is 1. The number of piperidine rings is 1. The standard InChI is InChI=1S/C15H22N2O3S/c1-11(16)12-4-7-17(8-5-12)21(18,19)14-2-3-15-13(10-14)6-9-20-15/h2-3,10-12H,4-9,16H2,1H3. The number of fused-ring (bicyclic) bond motifs is 1. The molecule has 5 nitrogen and oxygen atoms in total. The van der Waals surface area contributed by atoms with Crippen LogP contribution >= 0.6 is 0 Å². The molecule has 1 saturated heterocycles. The predicted molar refractivity (Wildman–Crippen MR) is 80.8 cm³/mol. The molecule has 0 radical (unpaired) electrons. The minimum Gasteiger partial charge on any atom is -0.493 e. The van der Waals surface area contributed by atoms with Crippen LogP contribution < -0.4 is 10.5 Å². The summed E-state index contributed by atoms with van der Waals surface area (Å²) in [5.41, 5.74) is 6.90. The van der Waals surface area contributed by atoms with Crippen molar-refractivity contribution in [3.8, 4) is 5.75 Å². The van der Waals surface area contributed by atoms with Gasteiger partial charge in [-0.2, -0.15) is 4.31 Å². The van der Waals surface area contributed by atoms with Crippen LogP contribution in [0.3, 0.4) is 0 Å². The maximum atomic E-state index is 12.7. The van der Waals surface area contributed by atoms with E-state index in [0.717, 1.165) is 30.6 Å². The molecule has 2 heterocycles. The molecule has 1 atom stereocenters. The lowest BCUT2D eigenvalue weighted by molar-refractivity contribution is 0.250. The largest absolute Gasteiger partial charge is 0.493 e. The van der Waals surface area contributed by atoms with Crippen LogP contribution in [0.2, 0.25) is 0 Å². The Morgan fingerprint density at radius 1 is 1.33 bits per heavy atom. The van der Waals surface area contributed by atoms with Crippen molar-refractivity contribution in [3.05, 3.63) is 23.8 Å². The summed E-state index contributed by atoms with van der Waals surface area (Å²) < 4.78 is 32.5. The zero-order valence-corrected chi connectivity index (χ0v) is 13.1. The summed E-state index contributed by atoms with van der Waals surface area (Å²) in [5, 5.41) is 0. The van der Waals surface area contributed by atoms with Crippen LogP contribution in [0.15, 0.2) is 23.1 Å². The fourth-order valence-corrected chi connectivity index (χ4v) is 4.64. The first kappa shape index (κ1) is 14.8. The predicted octanol–water partition coefficient (Wildman–Crippen LogP) is 1.37. The van der Waals surface area contributed by atoms with Crippen molar-refractivity contribution in [1.29, 1.82) is 0 Å². The molecule has 2 N–H and O–H groups in total. The summed E-state index contributed by atoms with van der Waals surface area (Å²) in [4.78, 5) is 0.381. The van der Waals surface area contributed by atoms with Crippen LogP contribution in [0, 0.1) is 5.92 Å². The number of hydrogen-bond donors (Lipinski definition) is 1. The van der Waals surface area contributed by atoms with Gasteiger partial charge in [-0.15, -0.1) is 0 Å². The highest BCUT2D eigenvalue weighted by Crippen LogP contribution is 2.30. The Morgan fingerprint density at radius 2 is 2.05 bits per heavy atom. The van der Waals surface area contributed by atoms with E-state index in [1.807, 2.05) is 6.92 Å². The van der Waals surface area contributed by atoms with Gasteiger partial charge >= 0.3 is 0 Å². The van der Waals surface area contributed by atoms with Crippen molar-refractivity contribution in [2.45, 2.75) is 37.1 Å². The van der Waals surface area contributed by atoms with Crippen LogP contribution in [-0.2, 0) is 16.4 Å². The van der Waals surface area contributed by atoms with Crippen molar-refractivity contribution in [1.82, 2.24) is 4.31 Å². The Bertz CT molecular complexity index is 620. The van der Waals surface area contributed by atoms with Crippen molar-refractivity contribution < 1.29 is 13.2 Å². The summed E-state index contributed by atoms with van der Waals surface area (Å²) in [5.74, 6) is 1.23. The van der Waals surface area contributed by atoms with Gasteiger partial charge in [-0.05, 0) is 49.4 Å².